The van der Waals surface area contributed by atoms with Crippen LogP contribution >= 0.6 is 0 Å². The number of rotatable bonds is 27. The number of carbonyl (C=O) groups is 4. The Kier molecular flexibility index (Phi) is 32.4. The molecule has 0 spiro atoms. The molecule has 44 heteroatoms. The summed E-state index contributed by atoms with van der Waals surface area (Å²) < 4.78 is 113. The Morgan fingerprint density at radius 2 is 1.02 bits per heavy atom. The minimum absolute atomic E-state index is 0.0594. The zero-order valence-electron chi connectivity index (χ0n) is 75.1. The molecule has 0 radical (unpaired) electrons. The molecule has 0 aromatic heterocycles. The smallest absolute Gasteiger partial charge is 0.333 e. The molecule has 0 amide bonds. The molecule has 21 N–H and O–H groups in total. The van der Waals surface area contributed by atoms with Crippen molar-refractivity contribution in [2.24, 2.45) is 50.2 Å². The molecular formula is C87H136O44. The molecule has 46 atom stereocenters. The Morgan fingerprint density at radius 1 is 0.481 bits per heavy atom. The second-order valence-corrected chi connectivity index (χ2v) is 40.0. The number of aliphatic hydroxyl groups is 21. The minimum atomic E-state index is -2.19. The average molecular weight is 1890 g/mol. The van der Waals surface area contributed by atoms with E-state index in [-0.39, 0.29) is 55.9 Å². The van der Waals surface area contributed by atoms with Gasteiger partial charge in [-0.15, -0.1) is 6.58 Å². The van der Waals surface area contributed by atoms with Crippen LogP contribution in [0.15, 0.2) is 36.0 Å². The maximum atomic E-state index is 16.3. The fourth-order valence-corrected chi connectivity index (χ4v) is 22.6. The van der Waals surface area contributed by atoms with E-state index in [9.17, 15) is 122 Å². The van der Waals surface area contributed by atoms with Gasteiger partial charge in [0.15, 0.2) is 62.3 Å². The summed E-state index contributed by atoms with van der Waals surface area (Å²) in [7, 11) is 0. The second-order valence-electron chi connectivity index (χ2n) is 40.0. The number of fused-ring (bicyclic) bond motifs is 7. The van der Waals surface area contributed by atoms with Crippen molar-refractivity contribution in [1.82, 2.24) is 0 Å². The molecule has 8 aliphatic heterocycles. The summed E-state index contributed by atoms with van der Waals surface area (Å²) in [6, 6.07) is 0. The number of carbonyl (C=O) groups excluding carboxylic acids is 4. The zero-order valence-corrected chi connectivity index (χ0v) is 75.1. The van der Waals surface area contributed by atoms with Crippen molar-refractivity contribution in [3.63, 3.8) is 0 Å². The van der Waals surface area contributed by atoms with E-state index in [2.05, 4.69) is 20.4 Å². The van der Waals surface area contributed by atoms with E-state index >= 15 is 4.79 Å². The highest BCUT2D eigenvalue weighted by Gasteiger charge is 2.76. The third-order valence-corrected chi connectivity index (χ3v) is 30.7. The molecule has 8 saturated heterocycles. The predicted octanol–water partition coefficient (Wildman–Crippen LogP) is -6.25. The van der Waals surface area contributed by atoms with Crippen LogP contribution < -0.4 is 0 Å². The first kappa shape index (κ1) is 104. The maximum Gasteiger partial charge on any atom is 0.333 e. The summed E-state index contributed by atoms with van der Waals surface area (Å²) in [5, 5.41) is 240. The van der Waals surface area contributed by atoms with Crippen molar-refractivity contribution in [3.8, 4) is 0 Å². The molecule has 12 fully saturated rings. The molecule has 13 rings (SSSR count). The monoisotopic (exact) mass is 1880 g/mol. The van der Waals surface area contributed by atoms with Crippen LogP contribution in [0.4, 0.5) is 0 Å². The van der Waals surface area contributed by atoms with Crippen molar-refractivity contribution >= 4 is 23.9 Å². The van der Waals surface area contributed by atoms with Gasteiger partial charge in [-0.3, -0.25) is 14.4 Å². The molecule has 46 unspecified atom stereocenters. The Morgan fingerprint density at radius 3 is 1.65 bits per heavy atom. The van der Waals surface area contributed by atoms with Gasteiger partial charge < -0.3 is 197 Å². The number of hydrogen-bond acceptors (Lipinski definition) is 44. The van der Waals surface area contributed by atoms with Crippen molar-refractivity contribution in [2.75, 3.05) is 52.9 Å². The Labute approximate surface area is 755 Å². The molecule has 5 aliphatic carbocycles. The lowest BCUT2D eigenvalue weighted by Gasteiger charge is -2.72. The molecule has 13 aliphatic rings. The van der Waals surface area contributed by atoms with Crippen LogP contribution in [0.1, 0.15) is 140 Å². The largest absolute Gasteiger partial charge is 0.463 e. The Bertz CT molecular complexity index is 3970. The van der Waals surface area contributed by atoms with Gasteiger partial charge >= 0.3 is 23.9 Å². The lowest BCUT2D eigenvalue weighted by molar-refractivity contribution is -0.379. The third-order valence-electron chi connectivity index (χ3n) is 30.7. The molecule has 748 valence electrons. The fraction of sp³-hybridized carbons (Fsp3) is 0.885. The van der Waals surface area contributed by atoms with Gasteiger partial charge in [-0.2, -0.15) is 0 Å². The molecule has 4 saturated carbocycles. The quantitative estimate of drug-likeness (QED) is 0.0120. The molecule has 44 nitrogen and oxygen atoms in total. The standard InChI is InChI=1S/C87H136O44/c1-13-83(9,112)20-14-15-34(2)71(110)126-65-55(99)42(26-88)121-79(68(65)130-74-61(105)54(98)45(31-117-74)122-75-63(107)64(41(93)29-116-75)127-72-59(103)50(94)39(91)27-114-72)131-80(111)87-24-23-81(5,6)25-38(87)37-16-17-48-84(10)21-19-49(82(7,8)47(84)18-22-85(48,11)86(37,12)69(108)70(87)109)125-78-67(128-73-60(104)51(95)40(92)28-115-73)58(102)53(97)44(124-78)32-118-77-66(56(100)46(33-119-77)120-36(4)90)129-76-62(106)57(101)52(96)43(123-76)30-113-35(3)89/h13,15-16,38-70,72-79,88,91-109,112H,1,14,17-33H2,2-12H3. The lowest BCUT2D eigenvalue weighted by atomic mass is 9.32. The van der Waals surface area contributed by atoms with Crippen LogP contribution in [-0.4, -0.2) is 423 Å². The van der Waals surface area contributed by atoms with Gasteiger partial charge in [-0.1, -0.05) is 72.3 Å². The summed E-state index contributed by atoms with van der Waals surface area (Å²) in [5.41, 5.74) is -7.11. The van der Waals surface area contributed by atoms with E-state index in [0.29, 0.717) is 31.3 Å². The number of aliphatic hydroxyl groups excluding tert-OH is 20. The van der Waals surface area contributed by atoms with Crippen molar-refractivity contribution in [3.05, 3.63) is 36.0 Å². The first-order valence-corrected chi connectivity index (χ1v) is 45.0. The molecule has 131 heavy (non-hydrogen) atoms. The predicted molar refractivity (Wildman–Crippen MR) is 433 cm³/mol. The van der Waals surface area contributed by atoms with Gasteiger partial charge in [-0.25, -0.2) is 4.79 Å². The number of esters is 4. The third kappa shape index (κ3) is 20.2. The SMILES string of the molecule is C=CC(C)(O)CCC=C(C)C(=O)OC1C(O)C(CO)OC(OC(=O)C23CCC(C)(C)CC2C2=CCC4C5(C)CCC(OC6OC(COC7OCC(OC(C)=O)C(O)C7OC7OC(COC(C)=O)C(O)C(O)C7O)C(O)C(O)C6OC6OCC(O)C(O)C6O)C(C)(C)C5CCC4(C)C2(C)C(O)C3O)C1OC1OCC(OC2OCC(O)C(OC3OCC(O)C(O)C3O)C2O)C(O)C1O. The van der Waals surface area contributed by atoms with Crippen LogP contribution in [0.25, 0.3) is 0 Å². The average Bonchev–Trinajstić information content (AvgIpc) is 0.662. The van der Waals surface area contributed by atoms with Gasteiger partial charge in [0.25, 0.3) is 0 Å². The van der Waals surface area contributed by atoms with Crippen LogP contribution in [-0.2, 0) is 109 Å². The van der Waals surface area contributed by atoms with Gasteiger partial charge in [0, 0.05) is 24.8 Å². The topological polar surface area (TPSA) is 668 Å². The highest BCUT2D eigenvalue weighted by Crippen LogP contribution is 2.76. The normalized spacial score (nSPS) is 49.3. The summed E-state index contributed by atoms with van der Waals surface area (Å²) >= 11 is 0. The molecular weight excluding hydrogens is 1750 g/mol. The van der Waals surface area contributed by atoms with E-state index < -0.39 is 354 Å². The molecule has 8 heterocycles. The van der Waals surface area contributed by atoms with Crippen molar-refractivity contribution in [1.29, 1.82) is 0 Å². The Hall–Kier alpha value is -4.34. The molecule has 0 aromatic carbocycles. The molecule has 0 aromatic rings. The van der Waals surface area contributed by atoms with E-state index in [1.165, 1.54) is 26.0 Å². The summed E-state index contributed by atoms with van der Waals surface area (Å²) in [4.78, 5) is 54.7. The van der Waals surface area contributed by atoms with Crippen molar-refractivity contribution in [2.45, 2.75) is 379 Å². The van der Waals surface area contributed by atoms with Gasteiger partial charge in [-0.05, 0) is 117 Å². The number of hydrogen-bond donors (Lipinski definition) is 21. The van der Waals surface area contributed by atoms with Crippen LogP contribution in [0, 0.1) is 50.2 Å². The van der Waals surface area contributed by atoms with E-state index in [0.717, 1.165) is 13.8 Å². The maximum absolute atomic E-state index is 16.3. The van der Waals surface area contributed by atoms with Gasteiger partial charge in [0.2, 0.25) is 6.29 Å². The van der Waals surface area contributed by atoms with Gasteiger partial charge in [0.1, 0.15) is 159 Å². The van der Waals surface area contributed by atoms with E-state index in [4.69, 9.17) is 90.0 Å². The number of allylic oxidation sites excluding steroid dienone is 2. The number of ether oxygens (including phenoxy) is 19. The fourth-order valence-electron chi connectivity index (χ4n) is 22.6. The summed E-state index contributed by atoms with van der Waals surface area (Å²) in [6.07, 6.45) is -60.9. The summed E-state index contributed by atoms with van der Waals surface area (Å²) in [5.74, 6) is -5.35. The Balaban J connectivity index is 0.757. The minimum Gasteiger partial charge on any atom is -0.463 e. The first-order valence-electron chi connectivity index (χ1n) is 45.0. The zero-order chi connectivity index (χ0) is 95.9. The van der Waals surface area contributed by atoms with E-state index in [1.807, 2.05) is 40.7 Å². The van der Waals surface area contributed by atoms with Crippen LogP contribution in [0.5, 0.6) is 0 Å². The van der Waals surface area contributed by atoms with E-state index in [1.54, 1.807) is 0 Å². The van der Waals surface area contributed by atoms with Gasteiger partial charge in [0.05, 0.1) is 70.2 Å². The van der Waals surface area contributed by atoms with Crippen molar-refractivity contribution < 1.29 is 216 Å². The highest BCUT2D eigenvalue weighted by atomic mass is 16.8. The summed E-state index contributed by atoms with van der Waals surface area (Å²) in [6.45, 7) is 17.6. The highest BCUT2D eigenvalue weighted by molar-refractivity contribution is 5.88. The first-order chi connectivity index (χ1) is 61.4. The lowest BCUT2D eigenvalue weighted by Crippen LogP contribution is -2.73. The second kappa shape index (κ2) is 40.8. The molecule has 0 bridgehead atoms. The van der Waals surface area contributed by atoms with Crippen LogP contribution in [0.2, 0.25) is 0 Å². The van der Waals surface area contributed by atoms with Crippen LogP contribution in [0.3, 0.4) is 0 Å².